The van der Waals surface area contributed by atoms with E-state index in [9.17, 15) is 19.0 Å². The fourth-order valence-corrected chi connectivity index (χ4v) is 6.25. The molecule has 1 saturated heterocycles. The molecule has 1 unspecified atom stereocenters. The zero-order chi connectivity index (χ0) is 29.9. The number of hydrogen-bond donors (Lipinski definition) is 2. The molecule has 0 amide bonds. The van der Waals surface area contributed by atoms with Gasteiger partial charge in [0, 0.05) is 11.8 Å². The second kappa shape index (κ2) is 12.5. The minimum Gasteiger partial charge on any atom is -0.497 e. The van der Waals surface area contributed by atoms with E-state index in [-0.39, 0.29) is 12.2 Å². The maximum atomic E-state index is 15.9. The van der Waals surface area contributed by atoms with E-state index < -0.39 is 55.5 Å². The maximum absolute atomic E-state index is 15.9. The highest BCUT2D eigenvalue weighted by atomic mass is 31.1. The number of nitrogens with one attached hydrogen (secondary N) is 1. The number of ether oxygens (including phenoxy) is 3. The molecule has 0 bridgehead atoms. The summed E-state index contributed by atoms with van der Waals surface area (Å²) in [7, 11) is -1.15. The summed E-state index contributed by atoms with van der Waals surface area (Å²) in [5.41, 5.74) is -0.0529. The molecule has 3 aromatic carbocycles. The van der Waals surface area contributed by atoms with E-state index in [0.29, 0.717) is 5.75 Å². The van der Waals surface area contributed by atoms with Crippen LogP contribution in [-0.4, -0.2) is 46.6 Å². The number of aryl methyl sites for hydroxylation is 1. The van der Waals surface area contributed by atoms with E-state index in [4.69, 9.17) is 14.2 Å². The Hall–Kier alpha value is -3.95. The molecule has 1 aliphatic rings. The standard InChI is InChI=1S/C31H30FN2O7P/c1-20-17-34(30(36)33-28(20)35)29-27(32)25(19-42(37)38)26(41-29)18-40-31(21-9-5-3-6-10-21,22-11-7-4-8-12-22)23-13-15-24(39-2)16-14-23/h3-17,25-27,29H,18-19H2,1-2H3,(H-,33,35,36,37,38)/p+1/t25-,26-,27-,29-/m1/s1. The van der Waals surface area contributed by atoms with Crippen LogP contribution < -0.4 is 16.0 Å². The number of hydrogen-bond acceptors (Lipinski definition) is 6. The van der Waals surface area contributed by atoms with Crippen molar-refractivity contribution >= 4 is 8.03 Å². The minimum atomic E-state index is -2.73. The van der Waals surface area contributed by atoms with Crippen LogP contribution in [0.4, 0.5) is 4.39 Å². The highest BCUT2D eigenvalue weighted by molar-refractivity contribution is 7.38. The molecule has 0 spiro atoms. The lowest BCUT2D eigenvalue weighted by Crippen LogP contribution is -2.38. The molecule has 0 aliphatic carbocycles. The van der Waals surface area contributed by atoms with Crippen LogP contribution in [0.3, 0.4) is 0 Å². The number of halogens is 1. The molecular formula is C31H31FN2O7P+. The Balaban J connectivity index is 1.58. The first-order chi connectivity index (χ1) is 20.2. The fraction of sp³-hybridized carbons (Fsp3) is 0.290. The highest BCUT2D eigenvalue weighted by Gasteiger charge is 2.51. The van der Waals surface area contributed by atoms with Crippen LogP contribution in [0.25, 0.3) is 0 Å². The smallest absolute Gasteiger partial charge is 0.497 e. The van der Waals surface area contributed by atoms with Crippen molar-refractivity contribution in [3.63, 3.8) is 0 Å². The van der Waals surface area contributed by atoms with Gasteiger partial charge in [0.05, 0.1) is 25.7 Å². The number of H-pyrrole nitrogens is 1. The number of aromatic nitrogens is 2. The summed E-state index contributed by atoms with van der Waals surface area (Å²) in [6, 6.07) is 26.5. The van der Waals surface area contributed by atoms with Gasteiger partial charge in [0.25, 0.3) is 5.56 Å². The average Bonchev–Trinajstić information content (AvgIpc) is 3.30. The molecule has 0 radical (unpaired) electrons. The Bertz CT molecular complexity index is 1600. The molecule has 0 saturated carbocycles. The van der Waals surface area contributed by atoms with E-state index in [1.54, 1.807) is 7.11 Å². The predicted octanol–water partition coefficient (Wildman–Crippen LogP) is 4.45. The Kier molecular flexibility index (Phi) is 8.80. The molecule has 1 fully saturated rings. The molecule has 11 heteroatoms. The Morgan fingerprint density at radius 1 is 0.976 bits per heavy atom. The normalized spacial score (nSPS) is 20.8. The Morgan fingerprint density at radius 3 is 2.10 bits per heavy atom. The van der Waals surface area contributed by atoms with Crippen LogP contribution in [0.1, 0.15) is 28.5 Å². The SMILES string of the molecule is COc1ccc(C(OC[C@H]2O[C@@H](n3cc(C)c(=O)[nH]c3=O)[C@H](F)[C@@H]2C[P+](=O)O)(c2ccccc2)c2ccccc2)cc1. The van der Waals surface area contributed by atoms with Gasteiger partial charge in [0.15, 0.2) is 18.6 Å². The summed E-state index contributed by atoms with van der Waals surface area (Å²) in [6.07, 6.45) is -3.42. The van der Waals surface area contributed by atoms with Crippen molar-refractivity contribution in [1.82, 2.24) is 9.55 Å². The summed E-state index contributed by atoms with van der Waals surface area (Å²) >= 11 is 0. The predicted molar refractivity (Wildman–Crippen MR) is 155 cm³/mol. The molecule has 4 aromatic rings. The number of methoxy groups -OCH3 is 1. The molecule has 5 rings (SSSR count). The molecule has 1 aromatic heterocycles. The lowest BCUT2D eigenvalue weighted by atomic mass is 9.80. The number of aromatic amines is 1. The quantitative estimate of drug-likeness (QED) is 0.206. The van der Waals surface area contributed by atoms with Crippen molar-refractivity contribution < 1.29 is 28.1 Å². The minimum absolute atomic E-state index is 0.183. The van der Waals surface area contributed by atoms with E-state index in [1.165, 1.54) is 13.1 Å². The third-order valence-electron chi connectivity index (χ3n) is 7.58. The zero-order valence-electron chi connectivity index (χ0n) is 23.1. The lowest BCUT2D eigenvalue weighted by Gasteiger charge is -2.37. The van der Waals surface area contributed by atoms with Crippen LogP contribution in [0.15, 0.2) is 101 Å². The monoisotopic (exact) mass is 593 g/mol. The van der Waals surface area contributed by atoms with Crippen LogP contribution in [-0.2, 0) is 19.6 Å². The van der Waals surface area contributed by atoms with E-state index in [1.807, 2.05) is 84.9 Å². The van der Waals surface area contributed by atoms with Crippen molar-refractivity contribution in [2.24, 2.45) is 5.92 Å². The van der Waals surface area contributed by atoms with Gasteiger partial charge < -0.3 is 14.2 Å². The molecule has 2 heterocycles. The van der Waals surface area contributed by atoms with E-state index in [2.05, 4.69) is 4.98 Å². The summed E-state index contributed by atoms with van der Waals surface area (Å²) < 4.78 is 47.1. The first-order valence-electron chi connectivity index (χ1n) is 13.4. The van der Waals surface area contributed by atoms with Gasteiger partial charge >= 0.3 is 13.7 Å². The number of nitrogens with zero attached hydrogens (tertiary/aromatic N) is 1. The molecular weight excluding hydrogens is 562 g/mol. The second-order valence-corrected chi connectivity index (χ2v) is 11.2. The van der Waals surface area contributed by atoms with Gasteiger partial charge in [0.1, 0.15) is 11.4 Å². The molecule has 2 N–H and O–H groups in total. The van der Waals surface area contributed by atoms with Gasteiger partial charge in [-0.25, -0.2) is 9.18 Å². The van der Waals surface area contributed by atoms with E-state index in [0.717, 1.165) is 21.3 Å². The van der Waals surface area contributed by atoms with Crippen LogP contribution in [0.2, 0.25) is 0 Å². The van der Waals surface area contributed by atoms with Gasteiger partial charge in [-0.2, -0.15) is 4.89 Å². The molecule has 218 valence electrons. The van der Waals surface area contributed by atoms with Crippen molar-refractivity contribution in [2.45, 2.75) is 31.0 Å². The van der Waals surface area contributed by atoms with Crippen molar-refractivity contribution in [3.05, 3.63) is 134 Å². The van der Waals surface area contributed by atoms with Gasteiger partial charge in [-0.15, -0.1) is 0 Å². The Labute approximate surface area is 242 Å². The number of benzene rings is 3. The number of rotatable bonds is 10. The number of alkyl halides is 1. The third-order valence-corrected chi connectivity index (χ3v) is 8.32. The van der Waals surface area contributed by atoms with Crippen molar-refractivity contribution in [3.8, 4) is 5.75 Å². The van der Waals surface area contributed by atoms with Crippen molar-refractivity contribution in [1.29, 1.82) is 0 Å². The van der Waals surface area contributed by atoms with Gasteiger partial charge in [-0.1, -0.05) is 72.8 Å². The summed E-state index contributed by atoms with van der Waals surface area (Å²) in [6.45, 7) is 1.31. The van der Waals surface area contributed by atoms with Gasteiger partial charge in [-0.05, 0) is 40.3 Å². The van der Waals surface area contributed by atoms with Gasteiger partial charge in [0.2, 0.25) is 0 Å². The zero-order valence-corrected chi connectivity index (χ0v) is 23.9. The summed E-state index contributed by atoms with van der Waals surface area (Å²) in [5.74, 6) is -0.410. The van der Waals surface area contributed by atoms with Crippen molar-refractivity contribution in [2.75, 3.05) is 19.9 Å². The second-order valence-electron chi connectivity index (χ2n) is 10.1. The van der Waals surface area contributed by atoms with Gasteiger partial charge in [-0.3, -0.25) is 14.3 Å². The topological polar surface area (TPSA) is 120 Å². The molecule has 42 heavy (non-hydrogen) atoms. The fourth-order valence-electron chi connectivity index (χ4n) is 5.46. The first kappa shape index (κ1) is 29.5. The highest BCUT2D eigenvalue weighted by Crippen LogP contribution is 2.44. The van der Waals surface area contributed by atoms with Crippen LogP contribution >= 0.6 is 8.03 Å². The Morgan fingerprint density at radius 2 is 1.55 bits per heavy atom. The lowest BCUT2D eigenvalue weighted by molar-refractivity contribution is -0.0866. The summed E-state index contributed by atoms with van der Waals surface area (Å²) in [5, 5.41) is 0. The first-order valence-corrected chi connectivity index (χ1v) is 14.8. The largest absolute Gasteiger partial charge is 0.505 e. The van der Waals surface area contributed by atoms with E-state index >= 15 is 4.39 Å². The third kappa shape index (κ3) is 5.71. The molecule has 5 atom stereocenters. The molecule has 9 nitrogen and oxygen atoms in total. The van der Waals surface area contributed by atoms with Crippen LogP contribution in [0.5, 0.6) is 5.75 Å². The maximum Gasteiger partial charge on any atom is 0.505 e. The molecule has 1 aliphatic heterocycles. The summed E-state index contributed by atoms with van der Waals surface area (Å²) in [4.78, 5) is 36.4. The van der Waals surface area contributed by atoms with Crippen LogP contribution in [0, 0.1) is 12.8 Å². The average molecular weight is 594 g/mol.